The molecule has 72 valence electrons. The van der Waals surface area contributed by atoms with E-state index in [-0.39, 0.29) is 0 Å². The maximum atomic E-state index is 5.81. The molecule has 0 atom stereocenters. The highest BCUT2D eigenvalue weighted by molar-refractivity contribution is 4.76. The average Bonchev–Trinajstić information content (AvgIpc) is 2.18. The molecule has 12 heavy (non-hydrogen) atoms. The standard InChI is InChI=1S/C11H23N/c1-11(10-12)8-6-4-2-3-5-7-9-11/h2-10,12H2,1H3. The fourth-order valence-corrected chi connectivity index (χ4v) is 2.14. The molecule has 0 bridgehead atoms. The van der Waals surface area contributed by atoms with Gasteiger partial charge in [0.25, 0.3) is 0 Å². The van der Waals surface area contributed by atoms with Gasteiger partial charge in [0.15, 0.2) is 0 Å². The topological polar surface area (TPSA) is 26.0 Å². The van der Waals surface area contributed by atoms with Crippen LogP contribution < -0.4 is 5.73 Å². The van der Waals surface area contributed by atoms with Gasteiger partial charge in [0, 0.05) is 0 Å². The Kier molecular flexibility index (Phi) is 4.07. The molecule has 1 saturated carbocycles. The molecule has 0 aromatic carbocycles. The van der Waals surface area contributed by atoms with E-state index in [1.807, 2.05) is 0 Å². The minimum Gasteiger partial charge on any atom is -0.330 e. The lowest BCUT2D eigenvalue weighted by atomic mass is 9.81. The van der Waals surface area contributed by atoms with Gasteiger partial charge in [-0.1, -0.05) is 45.4 Å². The monoisotopic (exact) mass is 169 g/mol. The highest BCUT2D eigenvalue weighted by Crippen LogP contribution is 2.31. The predicted molar refractivity (Wildman–Crippen MR) is 54.1 cm³/mol. The Morgan fingerprint density at radius 1 is 0.917 bits per heavy atom. The van der Waals surface area contributed by atoms with Crippen LogP contribution >= 0.6 is 0 Å². The van der Waals surface area contributed by atoms with Crippen molar-refractivity contribution in [2.45, 2.75) is 58.3 Å². The molecular formula is C11H23N. The Hall–Kier alpha value is -0.0400. The SMILES string of the molecule is CC1(CN)CCCCCCCC1. The van der Waals surface area contributed by atoms with Crippen molar-refractivity contribution >= 4 is 0 Å². The third-order valence-electron chi connectivity index (χ3n) is 3.30. The van der Waals surface area contributed by atoms with E-state index in [0.29, 0.717) is 5.41 Å². The maximum absolute atomic E-state index is 5.81. The summed E-state index contributed by atoms with van der Waals surface area (Å²) in [4.78, 5) is 0. The molecule has 1 rings (SSSR count). The molecule has 1 fully saturated rings. The van der Waals surface area contributed by atoms with Gasteiger partial charge in [-0.25, -0.2) is 0 Å². The van der Waals surface area contributed by atoms with E-state index in [4.69, 9.17) is 5.73 Å². The summed E-state index contributed by atoms with van der Waals surface area (Å²) in [5, 5.41) is 0. The van der Waals surface area contributed by atoms with Crippen molar-refractivity contribution in [1.29, 1.82) is 0 Å². The molecule has 0 aromatic heterocycles. The lowest BCUT2D eigenvalue weighted by Crippen LogP contribution is -2.26. The van der Waals surface area contributed by atoms with Gasteiger partial charge < -0.3 is 5.73 Å². The van der Waals surface area contributed by atoms with Crippen molar-refractivity contribution < 1.29 is 0 Å². The number of hydrogen-bond donors (Lipinski definition) is 1. The lowest BCUT2D eigenvalue weighted by molar-refractivity contribution is 0.270. The van der Waals surface area contributed by atoms with Crippen LogP contribution in [-0.4, -0.2) is 6.54 Å². The smallest absolute Gasteiger partial charge is 0.00232 e. The molecule has 1 nitrogen and oxygen atoms in total. The van der Waals surface area contributed by atoms with E-state index in [1.54, 1.807) is 0 Å². The van der Waals surface area contributed by atoms with Gasteiger partial charge in [-0.3, -0.25) is 0 Å². The van der Waals surface area contributed by atoms with Crippen LogP contribution in [0.5, 0.6) is 0 Å². The molecule has 0 aromatic rings. The van der Waals surface area contributed by atoms with Gasteiger partial charge in [-0.05, 0) is 24.8 Å². The number of rotatable bonds is 1. The number of hydrogen-bond acceptors (Lipinski definition) is 1. The van der Waals surface area contributed by atoms with Crippen molar-refractivity contribution in [3.63, 3.8) is 0 Å². The normalized spacial score (nSPS) is 25.5. The van der Waals surface area contributed by atoms with Gasteiger partial charge in [-0.15, -0.1) is 0 Å². The second kappa shape index (κ2) is 4.86. The molecule has 0 aliphatic heterocycles. The van der Waals surface area contributed by atoms with Gasteiger partial charge in [0.2, 0.25) is 0 Å². The second-order valence-corrected chi connectivity index (χ2v) is 4.64. The summed E-state index contributed by atoms with van der Waals surface area (Å²) < 4.78 is 0. The third-order valence-corrected chi connectivity index (χ3v) is 3.30. The third kappa shape index (κ3) is 3.14. The van der Waals surface area contributed by atoms with Crippen LogP contribution in [0, 0.1) is 5.41 Å². The van der Waals surface area contributed by atoms with Crippen molar-refractivity contribution in [1.82, 2.24) is 0 Å². The maximum Gasteiger partial charge on any atom is -0.00232 e. The van der Waals surface area contributed by atoms with Gasteiger partial charge in [0.1, 0.15) is 0 Å². The molecule has 2 N–H and O–H groups in total. The molecule has 1 heteroatoms. The fourth-order valence-electron chi connectivity index (χ4n) is 2.14. The van der Waals surface area contributed by atoms with Crippen molar-refractivity contribution in [2.24, 2.45) is 11.1 Å². The average molecular weight is 169 g/mol. The lowest BCUT2D eigenvalue weighted by Gasteiger charge is -2.27. The summed E-state index contributed by atoms with van der Waals surface area (Å²) in [6.07, 6.45) is 11.2. The first kappa shape index (κ1) is 10.0. The van der Waals surface area contributed by atoms with Gasteiger partial charge >= 0.3 is 0 Å². The first-order valence-corrected chi connectivity index (χ1v) is 5.47. The Morgan fingerprint density at radius 2 is 1.33 bits per heavy atom. The minimum absolute atomic E-state index is 0.463. The molecule has 0 heterocycles. The zero-order valence-electron chi connectivity index (χ0n) is 8.44. The second-order valence-electron chi connectivity index (χ2n) is 4.64. The van der Waals surface area contributed by atoms with Crippen LogP contribution in [0.15, 0.2) is 0 Å². The van der Waals surface area contributed by atoms with Crippen LogP contribution in [0.1, 0.15) is 58.3 Å². The molecular weight excluding hydrogens is 146 g/mol. The molecule has 0 spiro atoms. The molecule has 0 unspecified atom stereocenters. The summed E-state index contributed by atoms with van der Waals surface area (Å²) in [5.74, 6) is 0. The van der Waals surface area contributed by atoms with Crippen LogP contribution in [0.25, 0.3) is 0 Å². The first-order chi connectivity index (χ1) is 5.77. The summed E-state index contributed by atoms with van der Waals surface area (Å²) in [7, 11) is 0. The summed E-state index contributed by atoms with van der Waals surface area (Å²) in [6, 6.07) is 0. The Labute approximate surface area is 76.7 Å². The Morgan fingerprint density at radius 3 is 1.75 bits per heavy atom. The zero-order valence-corrected chi connectivity index (χ0v) is 8.44. The summed E-state index contributed by atoms with van der Waals surface area (Å²) in [6.45, 7) is 3.24. The summed E-state index contributed by atoms with van der Waals surface area (Å²) >= 11 is 0. The first-order valence-electron chi connectivity index (χ1n) is 5.47. The molecule has 0 radical (unpaired) electrons. The highest BCUT2D eigenvalue weighted by atomic mass is 14.6. The van der Waals surface area contributed by atoms with Crippen LogP contribution in [-0.2, 0) is 0 Å². The molecule has 0 saturated heterocycles. The van der Waals surface area contributed by atoms with Crippen molar-refractivity contribution in [3.8, 4) is 0 Å². The van der Waals surface area contributed by atoms with E-state index in [1.165, 1.54) is 51.4 Å². The van der Waals surface area contributed by atoms with E-state index in [9.17, 15) is 0 Å². The summed E-state index contributed by atoms with van der Waals surface area (Å²) in [5.41, 5.74) is 6.27. The van der Waals surface area contributed by atoms with E-state index in [2.05, 4.69) is 6.92 Å². The molecule has 1 aliphatic carbocycles. The Bertz CT molecular complexity index is 110. The predicted octanol–water partition coefficient (Wildman–Crippen LogP) is 3.09. The van der Waals surface area contributed by atoms with Crippen LogP contribution in [0.4, 0.5) is 0 Å². The zero-order chi connectivity index (χ0) is 8.86. The molecule has 0 amide bonds. The quantitative estimate of drug-likeness (QED) is 0.641. The van der Waals surface area contributed by atoms with E-state index in [0.717, 1.165) is 6.54 Å². The largest absolute Gasteiger partial charge is 0.330 e. The van der Waals surface area contributed by atoms with Crippen molar-refractivity contribution in [2.75, 3.05) is 6.54 Å². The van der Waals surface area contributed by atoms with Crippen molar-refractivity contribution in [3.05, 3.63) is 0 Å². The van der Waals surface area contributed by atoms with Crippen LogP contribution in [0.3, 0.4) is 0 Å². The minimum atomic E-state index is 0.463. The fraction of sp³-hybridized carbons (Fsp3) is 1.00. The number of nitrogens with two attached hydrogens (primary N) is 1. The molecule has 1 aliphatic rings. The van der Waals surface area contributed by atoms with Crippen LogP contribution in [0.2, 0.25) is 0 Å². The van der Waals surface area contributed by atoms with E-state index >= 15 is 0 Å². The van der Waals surface area contributed by atoms with Gasteiger partial charge in [-0.2, -0.15) is 0 Å². The highest BCUT2D eigenvalue weighted by Gasteiger charge is 2.21. The Balaban J connectivity index is 2.38. The van der Waals surface area contributed by atoms with E-state index < -0.39 is 0 Å². The van der Waals surface area contributed by atoms with Gasteiger partial charge in [0.05, 0.1) is 0 Å².